The molecule has 20 heavy (non-hydrogen) atoms. The molecule has 1 amide bonds. The fourth-order valence-electron chi connectivity index (χ4n) is 4.34. The van der Waals surface area contributed by atoms with Crippen molar-refractivity contribution in [3.05, 3.63) is 0 Å². The Hall–Kier alpha value is -0.570. The van der Waals surface area contributed by atoms with Gasteiger partial charge in [-0.2, -0.15) is 0 Å². The summed E-state index contributed by atoms with van der Waals surface area (Å²) < 4.78 is 0. The predicted octanol–water partition coefficient (Wildman–Crippen LogP) is 3.18. The second-order valence-corrected chi connectivity index (χ2v) is 7.09. The van der Waals surface area contributed by atoms with Crippen LogP contribution in [0.2, 0.25) is 0 Å². The Balaban J connectivity index is 1.91. The fourth-order valence-corrected chi connectivity index (χ4v) is 4.34. The van der Waals surface area contributed by atoms with Crippen molar-refractivity contribution in [1.82, 2.24) is 4.90 Å². The van der Waals surface area contributed by atoms with E-state index in [9.17, 15) is 4.79 Å². The third kappa shape index (κ3) is 3.75. The Bertz CT molecular complexity index is 316. The van der Waals surface area contributed by atoms with E-state index in [-0.39, 0.29) is 5.92 Å². The molecule has 0 aliphatic heterocycles. The Morgan fingerprint density at radius 1 is 1.15 bits per heavy atom. The lowest BCUT2D eigenvalue weighted by Crippen LogP contribution is -2.46. The van der Waals surface area contributed by atoms with E-state index in [2.05, 4.69) is 11.8 Å². The maximum atomic E-state index is 12.8. The van der Waals surface area contributed by atoms with Crippen molar-refractivity contribution >= 4 is 5.91 Å². The fraction of sp³-hybridized carbons (Fsp3) is 0.941. The van der Waals surface area contributed by atoms with Crippen molar-refractivity contribution < 1.29 is 4.79 Å². The van der Waals surface area contributed by atoms with Crippen LogP contribution in [0.15, 0.2) is 0 Å². The SMILES string of the molecule is CC1CCCCC1N(C)C(=O)C1CCCC(CCN)C1. The van der Waals surface area contributed by atoms with Gasteiger partial charge in [-0.05, 0) is 50.5 Å². The highest BCUT2D eigenvalue weighted by molar-refractivity contribution is 5.79. The standard InChI is InChI=1S/C17H32N2O/c1-13-6-3-4-9-16(13)19(2)17(20)15-8-5-7-14(12-15)10-11-18/h13-16H,3-12,18H2,1-2H3. The molecule has 116 valence electrons. The van der Waals surface area contributed by atoms with Crippen LogP contribution < -0.4 is 5.73 Å². The summed E-state index contributed by atoms with van der Waals surface area (Å²) in [5.41, 5.74) is 5.68. The van der Waals surface area contributed by atoms with E-state index in [4.69, 9.17) is 5.73 Å². The van der Waals surface area contributed by atoms with Crippen LogP contribution in [0.5, 0.6) is 0 Å². The first-order valence-corrected chi connectivity index (χ1v) is 8.60. The van der Waals surface area contributed by atoms with Crippen molar-refractivity contribution in [1.29, 1.82) is 0 Å². The molecule has 2 aliphatic carbocycles. The van der Waals surface area contributed by atoms with E-state index in [0.717, 1.165) is 25.8 Å². The molecule has 0 heterocycles. The normalized spacial score (nSPS) is 34.8. The van der Waals surface area contributed by atoms with Gasteiger partial charge in [-0.15, -0.1) is 0 Å². The molecule has 3 nitrogen and oxygen atoms in total. The van der Waals surface area contributed by atoms with Crippen molar-refractivity contribution in [2.45, 2.75) is 70.8 Å². The van der Waals surface area contributed by atoms with Gasteiger partial charge in [0.2, 0.25) is 5.91 Å². The van der Waals surface area contributed by atoms with Crippen LogP contribution >= 0.6 is 0 Å². The van der Waals surface area contributed by atoms with Crippen LogP contribution in [0.1, 0.15) is 64.7 Å². The molecule has 4 unspecified atom stereocenters. The van der Waals surface area contributed by atoms with Gasteiger partial charge in [-0.25, -0.2) is 0 Å². The first-order valence-electron chi connectivity index (χ1n) is 8.60. The third-order valence-electron chi connectivity index (χ3n) is 5.62. The Kier molecular flexibility index (Phi) is 5.88. The minimum Gasteiger partial charge on any atom is -0.342 e. The maximum absolute atomic E-state index is 12.8. The summed E-state index contributed by atoms with van der Waals surface area (Å²) in [5, 5.41) is 0. The van der Waals surface area contributed by atoms with Crippen LogP contribution in [0.25, 0.3) is 0 Å². The minimum atomic E-state index is 0.263. The Labute approximate surface area is 124 Å². The smallest absolute Gasteiger partial charge is 0.225 e. The molecule has 2 rings (SSSR count). The number of hydrogen-bond donors (Lipinski definition) is 1. The van der Waals surface area contributed by atoms with Gasteiger partial charge in [0.05, 0.1) is 0 Å². The average Bonchev–Trinajstić information content (AvgIpc) is 2.47. The predicted molar refractivity (Wildman–Crippen MR) is 83.3 cm³/mol. The zero-order valence-corrected chi connectivity index (χ0v) is 13.3. The number of carbonyl (C=O) groups excluding carboxylic acids is 1. The number of rotatable bonds is 4. The van der Waals surface area contributed by atoms with E-state index in [1.54, 1.807) is 0 Å². The van der Waals surface area contributed by atoms with Crippen LogP contribution in [0.4, 0.5) is 0 Å². The lowest BCUT2D eigenvalue weighted by Gasteiger charge is -2.39. The summed E-state index contributed by atoms with van der Waals surface area (Å²) in [4.78, 5) is 14.9. The number of nitrogens with two attached hydrogens (primary N) is 1. The van der Waals surface area contributed by atoms with Gasteiger partial charge in [-0.3, -0.25) is 4.79 Å². The molecule has 2 fully saturated rings. The molecule has 4 atom stereocenters. The second-order valence-electron chi connectivity index (χ2n) is 7.09. The number of nitrogens with zero attached hydrogens (tertiary/aromatic N) is 1. The molecule has 2 N–H and O–H groups in total. The molecule has 0 radical (unpaired) electrons. The highest BCUT2D eigenvalue weighted by Crippen LogP contribution is 2.34. The average molecular weight is 280 g/mol. The summed E-state index contributed by atoms with van der Waals surface area (Å²) in [5.74, 6) is 2.02. The molecule has 0 aromatic carbocycles. The van der Waals surface area contributed by atoms with Gasteiger partial charge in [-0.1, -0.05) is 32.6 Å². The molecule has 0 spiro atoms. The topological polar surface area (TPSA) is 46.3 Å². The van der Waals surface area contributed by atoms with Crippen LogP contribution in [0.3, 0.4) is 0 Å². The molecule has 0 saturated heterocycles. The van der Waals surface area contributed by atoms with E-state index >= 15 is 0 Å². The zero-order chi connectivity index (χ0) is 14.5. The van der Waals surface area contributed by atoms with Gasteiger partial charge >= 0.3 is 0 Å². The summed E-state index contributed by atoms with van der Waals surface area (Å²) in [6.07, 6.45) is 10.8. The highest BCUT2D eigenvalue weighted by atomic mass is 16.2. The van der Waals surface area contributed by atoms with Crippen molar-refractivity contribution in [3.63, 3.8) is 0 Å². The minimum absolute atomic E-state index is 0.263. The summed E-state index contributed by atoms with van der Waals surface area (Å²) in [7, 11) is 2.04. The van der Waals surface area contributed by atoms with Crippen LogP contribution in [-0.2, 0) is 4.79 Å². The third-order valence-corrected chi connectivity index (χ3v) is 5.62. The van der Waals surface area contributed by atoms with Crippen molar-refractivity contribution in [3.8, 4) is 0 Å². The van der Waals surface area contributed by atoms with E-state index in [1.807, 2.05) is 7.05 Å². The lowest BCUT2D eigenvalue weighted by atomic mass is 9.78. The second kappa shape index (κ2) is 7.44. The van der Waals surface area contributed by atoms with Gasteiger partial charge in [0.25, 0.3) is 0 Å². The maximum Gasteiger partial charge on any atom is 0.225 e. The highest BCUT2D eigenvalue weighted by Gasteiger charge is 2.33. The molecular formula is C17H32N2O. The molecule has 0 bridgehead atoms. The largest absolute Gasteiger partial charge is 0.342 e. The molecular weight excluding hydrogens is 248 g/mol. The monoisotopic (exact) mass is 280 g/mol. The number of amides is 1. The van der Waals surface area contributed by atoms with E-state index < -0.39 is 0 Å². The zero-order valence-electron chi connectivity index (χ0n) is 13.3. The van der Waals surface area contributed by atoms with Crippen LogP contribution in [0, 0.1) is 17.8 Å². The van der Waals surface area contributed by atoms with Gasteiger partial charge < -0.3 is 10.6 Å². The summed E-state index contributed by atoms with van der Waals surface area (Å²) in [6, 6.07) is 0.478. The van der Waals surface area contributed by atoms with Crippen LogP contribution in [-0.4, -0.2) is 30.4 Å². The van der Waals surface area contributed by atoms with Crippen molar-refractivity contribution in [2.24, 2.45) is 23.5 Å². The molecule has 3 heteroatoms. The number of carbonyl (C=O) groups is 1. The Morgan fingerprint density at radius 2 is 1.90 bits per heavy atom. The van der Waals surface area contributed by atoms with Crippen molar-refractivity contribution in [2.75, 3.05) is 13.6 Å². The van der Waals surface area contributed by atoms with E-state index in [1.165, 1.54) is 38.5 Å². The van der Waals surface area contributed by atoms with Gasteiger partial charge in [0, 0.05) is 19.0 Å². The summed E-state index contributed by atoms with van der Waals surface area (Å²) >= 11 is 0. The molecule has 2 saturated carbocycles. The van der Waals surface area contributed by atoms with Gasteiger partial charge in [0.1, 0.15) is 0 Å². The summed E-state index contributed by atoms with van der Waals surface area (Å²) in [6.45, 7) is 3.08. The molecule has 0 aromatic heterocycles. The first-order chi connectivity index (χ1) is 9.63. The Morgan fingerprint density at radius 3 is 2.60 bits per heavy atom. The quantitative estimate of drug-likeness (QED) is 0.859. The van der Waals surface area contributed by atoms with Gasteiger partial charge in [0.15, 0.2) is 0 Å². The first kappa shape index (κ1) is 15.8. The molecule has 0 aromatic rings. The lowest BCUT2D eigenvalue weighted by molar-refractivity contribution is -0.139. The molecule has 2 aliphatic rings. The van der Waals surface area contributed by atoms with E-state index in [0.29, 0.717) is 23.8 Å². The number of hydrogen-bond acceptors (Lipinski definition) is 2.